The minimum Gasteiger partial charge on any atom is -0.497 e. The van der Waals surface area contributed by atoms with Gasteiger partial charge in [0.15, 0.2) is 0 Å². The number of aromatic nitrogens is 2. The van der Waals surface area contributed by atoms with E-state index in [2.05, 4.69) is 5.32 Å². The molecule has 7 heteroatoms. The molecule has 0 radical (unpaired) electrons. The molecule has 0 aliphatic carbocycles. The Hall–Kier alpha value is -4.00. The molecule has 2 aromatic carbocycles. The highest BCUT2D eigenvalue weighted by atomic mass is 16.5. The summed E-state index contributed by atoms with van der Waals surface area (Å²) in [5.41, 5.74) is 4.94. The molecule has 0 saturated carbocycles. The number of hydrogen-bond donors (Lipinski definition) is 2. The van der Waals surface area contributed by atoms with Crippen LogP contribution in [0.4, 0.5) is 11.5 Å². The Balaban J connectivity index is 1.94. The molecule has 0 saturated heterocycles. The number of nitrogens with zero attached hydrogens (tertiary/aromatic N) is 2. The average Bonchev–Trinajstić information content (AvgIpc) is 3.31. The third kappa shape index (κ3) is 3.77. The van der Waals surface area contributed by atoms with Crippen LogP contribution in [0.25, 0.3) is 17.0 Å². The van der Waals surface area contributed by atoms with Crippen LogP contribution in [0.3, 0.4) is 0 Å². The van der Waals surface area contributed by atoms with E-state index in [9.17, 15) is 9.90 Å². The number of aromatic carboxylic acids is 1. The standard InChI is InChI=1S/C24H23N3O4/c1-14-11-21(31-13-14)22-16(3)26-27(20-8-6-5-7-15(20)2)23(22)25-19-10-9-17(30-4)12-18(19)24(28)29/h5-13,25H,1-4H3,(H,28,29). The van der Waals surface area contributed by atoms with E-state index in [1.165, 1.54) is 13.2 Å². The predicted molar refractivity (Wildman–Crippen MR) is 119 cm³/mol. The molecule has 0 fully saturated rings. The lowest BCUT2D eigenvalue weighted by atomic mass is 10.1. The molecular weight excluding hydrogens is 394 g/mol. The third-order valence-corrected chi connectivity index (χ3v) is 5.09. The molecule has 4 rings (SSSR count). The molecule has 0 aliphatic heterocycles. The lowest BCUT2D eigenvalue weighted by Crippen LogP contribution is -2.08. The lowest BCUT2D eigenvalue weighted by molar-refractivity contribution is 0.0697. The number of aryl methyl sites for hydroxylation is 3. The van der Waals surface area contributed by atoms with E-state index in [0.29, 0.717) is 23.0 Å². The highest BCUT2D eigenvalue weighted by Crippen LogP contribution is 2.37. The molecule has 31 heavy (non-hydrogen) atoms. The maximum Gasteiger partial charge on any atom is 0.337 e. The molecule has 2 aromatic heterocycles. The first-order valence-corrected chi connectivity index (χ1v) is 9.78. The fraction of sp³-hybridized carbons (Fsp3) is 0.167. The SMILES string of the molecule is COc1ccc(Nc2c(-c3cc(C)co3)c(C)nn2-c2ccccc2C)c(C(=O)O)c1. The summed E-state index contributed by atoms with van der Waals surface area (Å²) in [5, 5.41) is 17.8. The first-order chi connectivity index (χ1) is 14.9. The summed E-state index contributed by atoms with van der Waals surface area (Å²) >= 11 is 0. The Labute approximate surface area is 179 Å². The van der Waals surface area contributed by atoms with Gasteiger partial charge in [-0.05, 0) is 62.2 Å². The van der Waals surface area contributed by atoms with E-state index in [-0.39, 0.29) is 5.56 Å². The number of para-hydroxylation sites is 1. The normalized spacial score (nSPS) is 10.8. The van der Waals surface area contributed by atoms with Gasteiger partial charge in [0.1, 0.15) is 17.3 Å². The molecule has 2 N–H and O–H groups in total. The van der Waals surface area contributed by atoms with Gasteiger partial charge in [0, 0.05) is 0 Å². The molecule has 4 aromatic rings. The van der Waals surface area contributed by atoms with Crippen LogP contribution >= 0.6 is 0 Å². The van der Waals surface area contributed by atoms with Crippen molar-refractivity contribution in [2.45, 2.75) is 20.8 Å². The van der Waals surface area contributed by atoms with Crippen molar-refractivity contribution < 1.29 is 19.1 Å². The minimum atomic E-state index is -1.06. The number of hydrogen-bond acceptors (Lipinski definition) is 5. The average molecular weight is 417 g/mol. The second-order valence-corrected chi connectivity index (χ2v) is 7.34. The van der Waals surface area contributed by atoms with Crippen LogP contribution in [-0.4, -0.2) is 28.0 Å². The van der Waals surface area contributed by atoms with Crippen LogP contribution in [-0.2, 0) is 0 Å². The Morgan fingerprint density at radius 1 is 1.13 bits per heavy atom. The van der Waals surface area contributed by atoms with Gasteiger partial charge in [-0.1, -0.05) is 18.2 Å². The number of benzene rings is 2. The molecule has 2 heterocycles. The second kappa shape index (κ2) is 8.02. The fourth-order valence-electron chi connectivity index (χ4n) is 3.54. The van der Waals surface area contributed by atoms with Crippen molar-refractivity contribution in [2.24, 2.45) is 0 Å². The second-order valence-electron chi connectivity index (χ2n) is 7.34. The number of methoxy groups -OCH3 is 1. The molecule has 0 unspecified atom stereocenters. The molecular formula is C24H23N3O4. The van der Waals surface area contributed by atoms with Crippen LogP contribution in [0.15, 0.2) is 59.2 Å². The topological polar surface area (TPSA) is 89.5 Å². The molecule has 7 nitrogen and oxygen atoms in total. The fourth-order valence-corrected chi connectivity index (χ4v) is 3.54. The lowest BCUT2D eigenvalue weighted by Gasteiger charge is -2.15. The first-order valence-electron chi connectivity index (χ1n) is 9.78. The van der Waals surface area contributed by atoms with Crippen molar-refractivity contribution in [1.82, 2.24) is 9.78 Å². The van der Waals surface area contributed by atoms with Crippen molar-refractivity contribution in [3.63, 3.8) is 0 Å². The van der Waals surface area contributed by atoms with Gasteiger partial charge in [-0.25, -0.2) is 9.48 Å². The molecule has 0 aliphatic rings. The van der Waals surface area contributed by atoms with Crippen molar-refractivity contribution >= 4 is 17.5 Å². The zero-order chi connectivity index (χ0) is 22.1. The maximum atomic E-state index is 11.9. The Morgan fingerprint density at radius 2 is 1.90 bits per heavy atom. The van der Waals surface area contributed by atoms with E-state index in [1.54, 1.807) is 23.1 Å². The summed E-state index contributed by atoms with van der Waals surface area (Å²) in [4.78, 5) is 11.9. The van der Waals surface area contributed by atoms with Gasteiger partial charge < -0.3 is 19.6 Å². The molecule has 0 bridgehead atoms. The van der Waals surface area contributed by atoms with E-state index >= 15 is 0 Å². The summed E-state index contributed by atoms with van der Waals surface area (Å²) in [6, 6.07) is 14.7. The number of carboxylic acids is 1. The number of anilines is 2. The van der Waals surface area contributed by atoms with Crippen LogP contribution in [0.2, 0.25) is 0 Å². The third-order valence-electron chi connectivity index (χ3n) is 5.09. The zero-order valence-corrected chi connectivity index (χ0v) is 17.8. The summed E-state index contributed by atoms with van der Waals surface area (Å²) < 4.78 is 12.8. The van der Waals surface area contributed by atoms with Gasteiger partial charge in [0.05, 0.1) is 41.6 Å². The molecule has 0 atom stereocenters. The van der Waals surface area contributed by atoms with Gasteiger partial charge >= 0.3 is 5.97 Å². The van der Waals surface area contributed by atoms with Crippen molar-refractivity contribution in [3.8, 4) is 22.8 Å². The van der Waals surface area contributed by atoms with E-state index in [1.807, 2.05) is 51.1 Å². The summed E-state index contributed by atoms with van der Waals surface area (Å²) in [5.74, 6) is 0.681. The van der Waals surface area contributed by atoms with Gasteiger partial charge in [-0.15, -0.1) is 0 Å². The van der Waals surface area contributed by atoms with E-state index < -0.39 is 5.97 Å². The predicted octanol–water partition coefficient (Wildman–Crippen LogP) is 5.51. The van der Waals surface area contributed by atoms with Gasteiger partial charge in [-0.2, -0.15) is 5.10 Å². The van der Waals surface area contributed by atoms with Crippen molar-refractivity contribution in [3.05, 3.63) is 77.2 Å². The summed E-state index contributed by atoms with van der Waals surface area (Å²) in [6.07, 6.45) is 1.68. The van der Waals surface area contributed by atoms with Crippen molar-refractivity contribution in [2.75, 3.05) is 12.4 Å². The highest BCUT2D eigenvalue weighted by molar-refractivity contribution is 5.96. The Kier molecular flexibility index (Phi) is 5.25. The number of carbonyl (C=O) groups is 1. The van der Waals surface area contributed by atoms with Gasteiger partial charge in [0.25, 0.3) is 0 Å². The Bertz CT molecular complexity index is 1270. The molecule has 0 spiro atoms. The van der Waals surface area contributed by atoms with Crippen LogP contribution in [0.1, 0.15) is 27.2 Å². The zero-order valence-electron chi connectivity index (χ0n) is 17.8. The number of carboxylic acid groups (broad SMARTS) is 1. The maximum absolute atomic E-state index is 11.9. The summed E-state index contributed by atoms with van der Waals surface area (Å²) in [6.45, 7) is 5.86. The largest absolute Gasteiger partial charge is 0.497 e. The molecule has 0 amide bonds. The number of rotatable bonds is 6. The monoisotopic (exact) mass is 417 g/mol. The van der Waals surface area contributed by atoms with Crippen LogP contribution in [0.5, 0.6) is 5.75 Å². The Morgan fingerprint density at radius 3 is 2.55 bits per heavy atom. The smallest absolute Gasteiger partial charge is 0.337 e. The minimum absolute atomic E-state index is 0.0936. The quantitative estimate of drug-likeness (QED) is 0.430. The highest BCUT2D eigenvalue weighted by Gasteiger charge is 2.23. The first kappa shape index (κ1) is 20.3. The van der Waals surface area contributed by atoms with E-state index in [4.69, 9.17) is 14.3 Å². The summed E-state index contributed by atoms with van der Waals surface area (Å²) in [7, 11) is 1.50. The van der Waals surface area contributed by atoms with Gasteiger partial charge in [-0.3, -0.25) is 0 Å². The van der Waals surface area contributed by atoms with Crippen LogP contribution in [0, 0.1) is 20.8 Å². The van der Waals surface area contributed by atoms with Crippen LogP contribution < -0.4 is 10.1 Å². The number of furan rings is 1. The van der Waals surface area contributed by atoms with E-state index in [0.717, 1.165) is 28.1 Å². The number of ether oxygens (including phenoxy) is 1. The van der Waals surface area contributed by atoms with Gasteiger partial charge in [0.2, 0.25) is 0 Å². The van der Waals surface area contributed by atoms with Crippen molar-refractivity contribution in [1.29, 1.82) is 0 Å². The molecule has 158 valence electrons. The number of nitrogens with one attached hydrogen (secondary N) is 1.